The molecule has 1 heteroatoms. The van der Waals surface area contributed by atoms with Crippen LogP contribution in [0.5, 0.6) is 0 Å². The number of rotatable bonds is 6. The second kappa shape index (κ2) is 9.58. The number of nitrogens with zero attached hydrogens (tertiary/aromatic N) is 1. The van der Waals surface area contributed by atoms with Crippen molar-refractivity contribution >= 4 is 29.6 Å². The Morgan fingerprint density at radius 2 is 1.13 bits per heavy atom. The molecular formula is C29H25N. The number of hydrogen-bond acceptors (Lipinski definition) is 1. The molecule has 0 aliphatic carbocycles. The molecule has 0 aliphatic heterocycles. The van der Waals surface area contributed by atoms with Gasteiger partial charge in [-0.05, 0) is 47.9 Å². The van der Waals surface area contributed by atoms with Crippen LogP contribution in [-0.2, 0) is 0 Å². The number of hydrogen-bond donors (Lipinski definition) is 0. The molecule has 4 aromatic rings. The van der Waals surface area contributed by atoms with Crippen LogP contribution in [0.2, 0.25) is 0 Å². The van der Waals surface area contributed by atoms with Crippen molar-refractivity contribution in [2.75, 3.05) is 4.90 Å². The smallest absolute Gasteiger partial charge is 0.0527 e. The summed E-state index contributed by atoms with van der Waals surface area (Å²) in [6.07, 6.45) is 8.64. The van der Waals surface area contributed by atoms with Crippen molar-refractivity contribution in [3.8, 4) is 0 Å². The van der Waals surface area contributed by atoms with Gasteiger partial charge in [0.15, 0.2) is 0 Å². The second-order valence-electron chi connectivity index (χ2n) is 7.23. The lowest BCUT2D eigenvalue weighted by molar-refractivity contribution is 1.28. The maximum Gasteiger partial charge on any atom is 0.0527 e. The van der Waals surface area contributed by atoms with E-state index < -0.39 is 0 Å². The van der Waals surface area contributed by atoms with Crippen molar-refractivity contribution in [2.45, 2.75) is 6.92 Å². The first-order valence-corrected chi connectivity index (χ1v) is 10.2. The monoisotopic (exact) mass is 387 g/mol. The summed E-state index contributed by atoms with van der Waals surface area (Å²) in [5.41, 5.74) is 7.07. The molecule has 0 heterocycles. The Labute approximate surface area is 179 Å². The Balaban J connectivity index is 1.72. The Morgan fingerprint density at radius 3 is 1.87 bits per heavy atom. The topological polar surface area (TPSA) is 3.24 Å². The predicted octanol–water partition coefficient (Wildman–Crippen LogP) is 7.97. The third-order valence-corrected chi connectivity index (χ3v) is 4.98. The fourth-order valence-corrected chi connectivity index (χ4v) is 3.33. The number of para-hydroxylation sites is 2. The summed E-state index contributed by atoms with van der Waals surface area (Å²) in [5, 5.41) is 0. The first-order valence-electron chi connectivity index (χ1n) is 10.2. The summed E-state index contributed by atoms with van der Waals surface area (Å²) in [5.74, 6) is 0. The van der Waals surface area contributed by atoms with Gasteiger partial charge in [0.1, 0.15) is 0 Å². The minimum atomic E-state index is 1.13. The molecule has 0 aliphatic rings. The minimum Gasteiger partial charge on any atom is -0.317 e. The van der Waals surface area contributed by atoms with Crippen LogP contribution in [0.3, 0.4) is 0 Å². The number of benzene rings is 4. The molecule has 30 heavy (non-hydrogen) atoms. The van der Waals surface area contributed by atoms with Crippen molar-refractivity contribution in [1.29, 1.82) is 0 Å². The summed E-state index contributed by atoms with van der Waals surface area (Å²) in [6.45, 7) is 2.11. The summed E-state index contributed by atoms with van der Waals surface area (Å²) < 4.78 is 0. The van der Waals surface area contributed by atoms with Crippen molar-refractivity contribution in [3.63, 3.8) is 0 Å². The van der Waals surface area contributed by atoms with E-state index in [1.165, 1.54) is 22.3 Å². The zero-order chi connectivity index (χ0) is 20.6. The molecule has 0 bridgehead atoms. The molecule has 0 amide bonds. The van der Waals surface area contributed by atoms with E-state index in [0.717, 1.165) is 11.4 Å². The first-order chi connectivity index (χ1) is 14.8. The van der Waals surface area contributed by atoms with Crippen LogP contribution in [0.25, 0.3) is 18.2 Å². The van der Waals surface area contributed by atoms with Gasteiger partial charge in [-0.15, -0.1) is 0 Å². The highest BCUT2D eigenvalue weighted by atomic mass is 15.1. The SMILES string of the molecule is Cc1ccc(C=CN(c2ccccc2)c2ccccc2C=Cc2ccccc2)cc1. The summed E-state index contributed by atoms with van der Waals surface area (Å²) in [6, 6.07) is 37.9. The van der Waals surface area contributed by atoms with Gasteiger partial charge < -0.3 is 4.90 Å². The normalized spacial score (nSPS) is 11.2. The van der Waals surface area contributed by atoms with Gasteiger partial charge in [0.05, 0.1) is 5.69 Å². The quantitative estimate of drug-likeness (QED) is 0.303. The Bertz CT molecular complexity index is 1120. The van der Waals surface area contributed by atoms with Crippen molar-refractivity contribution in [1.82, 2.24) is 0 Å². The van der Waals surface area contributed by atoms with E-state index >= 15 is 0 Å². The summed E-state index contributed by atoms with van der Waals surface area (Å²) >= 11 is 0. The van der Waals surface area contributed by atoms with Gasteiger partial charge in [0, 0.05) is 11.9 Å². The molecule has 0 aromatic heterocycles. The van der Waals surface area contributed by atoms with E-state index in [-0.39, 0.29) is 0 Å². The third kappa shape index (κ3) is 4.95. The van der Waals surface area contributed by atoms with E-state index in [2.05, 4.69) is 133 Å². The first kappa shape index (κ1) is 19.5. The predicted molar refractivity (Wildman–Crippen MR) is 131 cm³/mol. The van der Waals surface area contributed by atoms with E-state index in [0.29, 0.717) is 0 Å². The van der Waals surface area contributed by atoms with Crippen LogP contribution in [0.1, 0.15) is 22.3 Å². The molecule has 0 saturated heterocycles. The average molecular weight is 388 g/mol. The maximum atomic E-state index is 2.24. The third-order valence-electron chi connectivity index (χ3n) is 4.98. The highest BCUT2D eigenvalue weighted by Crippen LogP contribution is 2.30. The van der Waals surface area contributed by atoms with Crippen molar-refractivity contribution < 1.29 is 0 Å². The molecule has 4 rings (SSSR count). The lowest BCUT2D eigenvalue weighted by Crippen LogP contribution is -2.09. The number of aryl methyl sites for hydroxylation is 1. The highest BCUT2D eigenvalue weighted by Gasteiger charge is 2.09. The van der Waals surface area contributed by atoms with E-state index in [1.807, 2.05) is 12.1 Å². The van der Waals surface area contributed by atoms with Gasteiger partial charge >= 0.3 is 0 Å². The molecule has 146 valence electrons. The standard InChI is InChI=1S/C29H25N/c1-24-16-18-26(19-17-24)22-23-30(28-13-6-3-7-14-28)29-15-9-8-12-27(29)21-20-25-10-4-2-5-11-25/h2-23H,1H3. The minimum absolute atomic E-state index is 1.13. The van der Waals surface area contributed by atoms with Crippen LogP contribution in [0.15, 0.2) is 115 Å². The molecule has 0 unspecified atom stereocenters. The van der Waals surface area contributed by atoms with Gasteiger partial charge in [0.25, 0.3) is 0 Å². The van der Waals surface area contributed by atoms with Crippen LogP contribution in [0, 0.1) is 6.92 Å². The Morgan fingerprint density at radius 1 is 0.533 bits per heavy atom. The Kier molecular flexibility index (Phi) is 6.22. The van der Waals surface area contributed by atoms with Crippen molar-refractivity contribution in [3.05, 3.63) is 138 Å². The number of anilines is 2. The van der Waals surface area contributed by atoms with Gasteiger partial charge in [-0.3, -0.25) is 0 Å². The van der Waals surface area contributed by atoms with E-state index in [1.54, 1.807) is 0 Å². The molecule has 4 aromatic carbocycles. The zero-order valence-corrected chi connectivity index (χ0v) is 17.1. The zero-order valence-electron chi connectivity index (χ0n) is 17.1. The summed E-state index contributed by atoms with van der Waals surface area (Å²) in [4.78, 5) is 2.24. The lowest BCUT2D eigenvalue weighted by atomic mass is 10.1. The van der Waals surface area contributed by atoms with Gasteiger partial charge in [-0.1, -0.05) is 109 Å². The highest BCUT2D eigenvalue weighted by molar-refractivity contribution is 5.81. The molecule has 0 atom stereocenters. The molecule has 0 N–H and O–H groups in total. The molecule has 1 nitrogen and oxygen atoms in total. The van der Waals surface area contributed by atoms with Crippen LogP contribution < -0.4 is 4.90 Å². The maximum absolute atomic E-state index is 2.24. The average Bonchev–Trinajstić information content (AvgIpc) is 2.81. The second-order valence-corrected chi connectivity index (χ2v) is 7.23. The van der Waals surface area contributed by atoms with E-state index in [9.17, 15) is 0 Å². The van der Waals surface area contributed by atoms with Gasteiger partial charge in [-0.25, -0.2) is 0 Å². The van der Waals surface area contributed by atoms with Crippen LogP contribution >= 0.6 is 0 Å². The molecule has 0 fully saturated rings. The van der Waals surface area contributed by atoms with Crippen molar-refractivity contribution in [2.24, 2.45) is 0 Å². The van der Waals surface area contributed by atoms with Gasteiger partial charge in [-0.2, -0.15) is 0 Å². The molecule has 0 radical (unpaired) electrons. The molecule has 0 saturated carbocycles. The Hall–Kier alpha value is -3.84. The fraction of sp³-hybridized carbons (Fsp3) is 0.0345. The van der Waals surface area contributed by atoms with Crippen LogP contribution in [-0.4, -0.2) is 0 Å². The summed E-state index contributed by atoms with van der Waals surface area (Å²) in [7, 11) is 0. The largest absolute Gasteiger partial charge is 0.317 e. The van der Waals surface area contributed by atoms with Crippen LogP contribution in [0.4, 0.5) is 11.4 Å². The van der Waals surface area contributed by atoms with E-state index in [4.69, 9.17) is 0 Å². The lowest BCUT2D eigenvalue weighted by Gasteiger charge is -2.23. The molecule has 0 spiro atoms. The fourth-order valence-electron chi connectivity index (χ4n) is 3.33. The van der Waals surface area contributed by atoms with Gasteiger partial charge in [0.2, 0.25) is 0 Å². The molecular weight excluding hydrogens is 362 g/mol.